The molecule has 1 saturated carbocycles. The Bertz CT molecular complexity index is 239. The molecule has 16 heavy (non-hydrogen) atoms. The lowest BCUT2D eigenvalue weighted by atomic mass is 9.77. The van der Waals surface area contributed by atoms with Crippen molar-refractivity contribution in [2.75, 3.05) is 19.6 Å². The minimum atomic E-state index is 0.839. The van der Waals surface area contributed by atoms with Crippen LogP contribution in [0.4, 0.5) is 0 Å². The monoisotopic (exact) mass is 222 g/mol. The molecule has 0 bridgehead atoms. The number of hydrogen-bond donors (Lipinski definition) is 1. The van der Waals surface area contributed by atoms with E-state index in [1.54, 1.807) is 0 Å². The van der Waals surface area contributed by atoms with Gasteiger partial charge in [0.15, 0.2) is 0 Å². The Balaban J connectivity index is 1.72. The highest BCUT2D eigenvalue weighted by molar-refractivity contribution is 4.95. The Labute approximate surface area is 99.8 Å². The summed E-state index contributed by atoms with van der Waals surface area (Å²) in [7, 11) is 0. The summed E-state index contributed by atoms with van der Waals surface area (Å²) in [5.41, 5.74) is 0. The van der Waals surface area contributed by atoms with E-state index in [9.17, 15) is 0 Å². The minimum Gasteiger partial charge on any atom is -0.315 e. The molecule has 92 valence electrons. The zero-order chi connectivity index (χ0) is 11.0. The molecule has 1 N–H and O–H groups in total. The van der Waals surface area contributed by atoms with Gasteiger partial charge in [-0.15, -0.1) is 0 Å². The average Bonchev–Trinajstić information content (AvgIpc) is 2.75. The van der Waals surface area contributed by atoms with E-state index in [1.807, 2.05) is 0 Å². The van der Waals surface area contributed by atoms with Crippen molar-refractivity contribution >= 4 is 0 Å². The van der Waals surface area contributed by atoms with Gasteiger partial charge in [-0.2, -0.15) is 0 Å². The Morgan fingerprint density at radius 3 is 2.56 bits per heavy atom. The minimum absolute atomic E-state index is 0.839. The van der Waals surface area contributed by atoms with E-state index >= 15 is 0 Å². The fraction of sp³-hybridized carbons (Fsp3) is 1.00. The van der Waals surface area contributed by atoms with E-state index in [-0.39, 0.29) is 0 Å². The summed E-state index contributed by atoms with van der Waals surface area (Å²) >= 11 is 0. The molecular weight excluding hydrogens is 196 g/mol. The van der Waals surface area contributed by atoms with Gasteiger partial charge in [-0.3, -0.25) is 4.90 Å². The summed E-state index contributed by atoms with van der Waals surface area (Å²) in [4.78, 5) is 2.89. The van der Waals surface area contributed by atoms with E-state index in [4.69, 9.17) is 0 Å². The van der Waals surface area contributed by atoms with Crippen LogP contribution >= 0.6 is 0 Å². The van der Waals surface area contributed by atoms with Gasteiger partial charge in [-0.25, -0.2) is 0 Å². The largest absolute Gasteiger partial charge is 0.315 e. The molecule has 0 aromatic rings. The van der Waals surface area contributed by atoms with Crippen LogP contribution in [0.2, 0.25) is 0 Å². The van der Waals surface area contributed by atoms with Crippen LogP contribution in [0.5, 0.6) is 0 Å². The standard InChI is InChI=1S/C14H26N2/c1-11-9-15-10-14(11)16-8-4-6-12-5-2-3-7-13(12)16/h11-15H,2-10H2,1H3. The fourth-order valence-corrected chi connectivity index (χ4v) is 4.32. The number of rotatable bonds is 1. The van der Waals surface area contributed by atoms with Crippen molar-refractivity contribution in [1.82, 2.24) is 10.2 Å². The quantitative estimate of drug-likeness (QED) is 0.732. The van der Waals surface area contributed by atoms with Crippen LogP contribution in [-0.2, 0) is 0 Å². The van der Waals surface area contributed by atoms with Gasteiger partial charge in [0.05, 0.1) is 0 Å². The van der Waals surface area contributed by atoms with E-state index in [1.165, 1.54) is 58.2 Å². The van der Waals surface area contributed by atoms with E-state index in [0.717, 1.165) is 23.9 Å². The van der Waals surface area contributed by atoms with Crippen LogP contribution < -0.4 is 5.32 Å². The van der Waals surface area contributed by atoms with Crippen molar-refractivity contribution in [2.45, 2.75) is 57.5 Å². The first-order chi connectivity index (χ1) is 7.86. The van der Waals surface area contributed by atoms with Gasteiger partial charge in [-0.05, 0) is 50.6 Å². The molecule has 4 unspecified atom stereocenters. The predicted octanol–water partition coefficient (Wildman–Crippen LogP) is 2.25. The topological polar surface area (TPSA) is 15.3 Å². The fourth-order valence-electron chi connectivity index (χ4n) is 4.32. The lowest BCUT2D eigenvalue weighted by Gasteiger charge is -2.47. The molecule has 3 aliphatic rings. The molecule has 0 aromatic carbocycles. The van der Waals surface area contributed by atoms with E-state index in [0.29, 0.717) is 0 Å². The lowest BCUT2D eigenvalue weighted by molar-refractivity contribution is 0.0202. The Morgan fingerprint density at radius 2 is 1.75 bits per heavy atom. The second-order valence-electron chi connectivity index (χ2n) is 6.19. The molecular formula is C14H26N2. The van der Waals surface area contributed by atoms with Crippen LogP contribution in [0.25, 0.3) is 0 Å². The molecule has 2 saturated heterocycles. The number of nitrogens with zero attached hydrogens (tertiary/aromatic N) is 1. The SMILES string of the molecule is CC1CNCC1N1CCCC2CCCCC21. The summed E-state index contributed by atoms with van der Waals surface area (Å²) in [5, 5.41) is 3.57. The molecule has 0 spiro atoms. The zero-order valence-corrected chi connectivity index (χ0v) is 10.6. The van der Waals surface area contributed by atoms with Crippen molar-refractivity contribution in [3.05, 3.63) is 0 Å². The Morgan fingerprint density at radius 1 is 0.938 bits per heavy atom. The maximum atomic E-state index is 3.57. The molecule has 2 heterocycles. The van der Waals surface area contributed by atoms with Crippen LogP contribution in [0.1, 0.15) is 45.4 Å². The molecule has 1 aliphatic carbocycles. The number of hydrogen-bond acceptors (Lipinski definition) is 2. The van der Waals surface area contributed by atoms with Crippen LogP contribution in [0.3, 0.4) is 0 Å². The average molecular weight is 222 g/mol. The first-order valence-corrected chi connectivity index (χ1v) is 7.32. The summed E-state index contributed by atoms with van der Waals surface area (Å²) in [5.74, 6) is 1.90. The second kappa shape index (κ2) is 4.66. The van der Waals surface area contributed by atoms with Crippen molar-refractivity contribution in [3.8, 4) is 0 Å². The van der Waals surface area contributed by atoms with Gasteiger partial charge >= 0.3 is 0 Å². The Hall–Kier alpha value is -0.0800. The number of piperidine rings is 1. The van der Waals surface area contributed by atoms with Gasteiger partial charge < -0.3 is 5.32 Å². The van der Waals surface area contributed by atoms with E-state index < -0.39 is 0 Å². The smallest absolute Gasteiger partial charge is 0.0261 e. The molecule has 2 heteroatoms. The number of nitrogens with one attached hydrogen (secondary N) is 1. The lowest BCUT2D eigenvalue weighted by Crippen LogP contribution is -2.53. The summed E-state index contributed by atoms with van der Waals surface area (Å²) < 4.78 is 0. The van der Waals surface area contributed by atoms with Crippen molar-refractivity contribution < 1.29 is 0 Å². The molecule has 3 rings (SSSR count). The normalized spacial score (nSPS) is 45.6. The van der Waals surface area contributed by atoms with Gasteiger partial charge in [0, 0.05) is 18.6 Å². The predicted molar refractivity (Wildman–Crippen MR) is 67.5 cm³/mol. The summed E-state index contributed by atoms with van der Waals surface area (Å²) in [6, 6.07) is 1.78. The first-order valence-electron chi connectivity index (χ1n) is 7.32. The highest BCUT2D eigenvalue weighted by atomic mass is 15.2. The van der Waals surface area contributed by atoms with Gasteiger partial charge in [0.25, 0.3) is 0 Å². The van der Waals surface area contributed by atoms with Crippen molar-refractivity contribution in [3.63, 3.8) is 0 Å². The van der Waals surface area contributed by atoms with Crippen LogP contribution in [0, 0.1) is 11.8 Å². The first kappa shape index (κ1) is 11.0. The van der Waals surface area contributed by atoms with Gasteiger partial charge in [-0.1, -0.05) is 19.8 Å². The highest BCUT2D eigenvalue weighted by Gasteiger charge is 2.39. The van der Waals surface area contributed by atoms with Crippen LogP contribution in [0.15, 0.2) is 0 Å². The highest BCUT2D eigenvalue weighted by Crippen LogP contribution is 2.37. The number of likely N-dealkylation sites (tertiary alicyclic amines) is 1. The molecule has 0 amide bonds. The number of fused-ring (bicyclic) bond motifs is 1. The van der Waals surface area contributed by atoms with E-state index in [2.05, 4.69) is 17.1 Å². The zero-order valence-electron chi connectivity index (χ0n) is 10.6. The third kappa shape index (κ3) is 1.91. The molecule has 4 atom stereocenters. The maximum absolute atomic E-state index is 3.57. The summed E-state index contributed by atoms with van der Waals surface area (Å²) in [6.45, 7) is 6.28. The molecule has 0 aromatic heterocycles. The molecule has 2 aliphatic heterocycles. The maximum Gasteiger partial charge on any atom is 0.0261 e. The molecule has 3 fully saturated rings. The van der Waals surface area contributed by atoms with Crippen molar-refractivity contribution in [1.29, 1.82) is 0 Å². The second-order valence-corrected chi connectivity index (χ2v) is 6.19. The Kier molecular flexibility index (Phi) is 3.21. The van der Waals surface area contributed by atoms with Crippen molar-refractivity contribution in [2.24, 2.45) is 11.8 Å². The van der Waals surface area contributed by atoms with Crippen LogP contribution in [-0.4, -0.2) is 36.6 Å². The summed E-state index contributed by atoms with van der Waals surface area (Å²) in [6.07, 6.45) is 8.92. The molecule has 2 nitrogen and oxygen atoms in total. The third-order valence-corrected chi connectivity index (χ3v) is 5.19. The van der Waals surface area contributed by atoms with Gasteiger partial charge in [0.1, 0.15) is 0 Å². The molecule has 0 radical (unpaired) electrons. The third-order valence-electron chi connectivity index (χ3n) is 5.19. The van der Waals surface area contributed by atoms with Gasteiger partial charge in [0.2, 0.25) is 0 Å².